The van der Waals surface area contributed by atoms with Gasteiger partial charge in [-0.15, -0.1) is 0 Å². The SMILES string of the molecule is O=C(Nc1ccc(F)cc1)c1nc(C(=O)NC2CCCC2)n2c1CCCC2. The van der Waals surface area contributed by atoms with Gasteiger partial charge in [-0.05, 0) is 56.4 Å². The Morgan fingerprint density at radius 3 is 2.52 bits per heavy atom. The van der Waals surface area contributed by atoms with Gasteiger partial charge in [-0.25, -0.2) is 9.37 Å². The van der Waals surface area contributed by atoms with Gasteiger partial charge in [0.1, 0.15) is 5.82 Å². The number of nitrogens with one attached hydrogen (secondary N) is 2. The predicted molar refractivity (Wildman–Crippen MR) is 99.2 cm³/mol. The second-order valence-corrected chi connectivity index (χ2v) is 7.26. The van der Waals surface area contributed by atoms with Gasteiger partial charge in [0.2, 0.25) is 0 Å². The van der Waals surface area contributed by atoms with E-state index in [0.29, 0.717) is 18.1 Å². The number of nitrogens with zero attached hydrogens (tertiary/aromatic N) is 2. The lowest BCUT2D eigenvalue weighted by atomic mass is 10.1. The number of imidazole rings is 1. The quantitative estimate of drug-likeness (QED) is 0.867. The molecule has 1 aliphatic heterocycles. The minimum Gasteiger partial charge on any atom is -0.347 e. The van der Waals surface area contributed by atoms with E-state index in [4.69, 9.17) is 0 Å². The lowest BCUT2D eigenvalue weighted by Crippen LogP contribution is -2.35. The van der Waals surface area contributed by atoms with Crippen molar-refractivity contribution in [3.8, 4) is 0 Å². The number of carbonyl (C=O) groups is 2. The summed E-state index contributed by atoms with van der Waals surface area (Å²) in [5.41, 5.74) is 1.59. The first-order valence-electron chi connectivity index (χ1n) is 9.59. The standard InChI is InChI=1S/C20H23FN4O2/c21-13-8-10-15(11-9-13)22-19(26)17-16-7-3-4-12-25(16)18(24-17)20(27)23-14-5-1-2-6-14/h8-11,14H,1-7,12H2,(H,22,26)(H,23,27). The highest BCUT2D eigenvalue weighted by molar-refractivity contribution is 6.05. The van der Waals surface area contributed by atoms with Gasteiger partial charge in [-0.1, -0.05) is 12.8 Å². The monoisotopic (exact) mass is 370 g/mol. The summed E-state index contributed by atoms with van der Waals surface area (Å²) in [6, 6.07) is 5.79. The summed E-state index contributed by atoms with van der Waals surface area (Å²) < 4.78 is 14.9. The third kappa shape index (κ3) is 3.72. The van der Waals surface area contributed by atoms with Crippen molar-refractivity contribution in [1.82, 2.24) is 14.9 Å². The first kappa shape index (κ1) is 17.7. The van der Waals surface area contributed by atoms with E-state index < -0.39 is 0 Å². The molecule has 2 aromatic rings. The van der Waals surface area contributed by atoms with Crippen LogP contribution >= 0.6 is 0 Å². The van der Waals surface area contributed by atoms with Crippen LogP contribution in [0.2, 0.25) is 0 Å². The van der Waals surface area contributed by atoms with Crippen molar-refractivity contribution < 1.29 is 14.0 Å². The first-order valence-corrected chi connectivity index (χ1v) is 9.59. The highest BCUT2D eigenvalue weighted by atomic mass is 19.1. The van der Waals surface area contributed by atoms with Crippen molar-refractivity contribution in [2.24, 2.45) is 0 Å². The Labute approximate surface area is 157 Å². The fraction of sp³-hybridized carbons (Fsp3) is 0.450. The zero-order chi connectivity index (χ0) is 18.8. The predicted octanol–water partition coefficient (Wildman–Crippen LogP) is 3.28. The van der Waals surface area contributed by atoms with E-state index in [1.54, 1.807) is 0 Å². The van der Waals surface area contributed by atoms with E-state index >= 15 is 0 Å². The molecule has 1 aromatic carbocycles. The van der Waals surface area contributed by atoms with E-state index in [2.05, 4.69) is 15.6 Å². The molecule has 2 N–H and O–H groups in total. The third-order valence-electron chi connectivity index (χ3n) is 5.33. The number of hydrogen-bond donors (Lipinski definition) is 2. The molecule has 1 saturated carbocycles. The van der Waals surface area contributed by atoms with Crippen LogP contribution in [0.25, 0.3) is 0 Å². The molecule has 2 amide bonds. The summed E-state index contributed by atoms with van der Waals surface area (Å²) >= 11 is 0. The Morgan fingerprint density at radius 2 is 1.78 bits per heavy atom. The number of fused-ring (bicyclic) bond motifs is 1. The molecule has 7 heteroatoms. The summed E-state index contributed by atoms with van der Waals surface area (Å²) in [4.78, 5) is 29.9. The zero-order valence-corrected chi connectivity index (χ0v) is 15.1. The minimum atomic E-state index is -0.368. The van der Waals surface area contributed by atoms with Crippen LogP contribution in [0.5, 0.6) is 0 Å². The van der Waals surface area contributed by atoms with Crippen LogP contribution in [0.15, 0.2) is 24.3 Å². The van der Waals surface area contributed by atoms with Crippen LogP contribution in [0, 0.1) is 5.82 Å². The van der Waals surface area contributed by atoms with Crippen LogP contribution in [0.3, 0.4) is 0 Å². The molecule has 142 valence electrons. The van der Waals surface area contributed by atoms with Gasteiger partial charge in [0.25, 0.3) is 11.8 Å². The lowest BCUT2D eigenvalue weighted by molar-refractivity contribution is 0.0921. The van der Waals surface area contributed by atoms with Crippen LogP contribution in [-0.4, -0.2) is 27.4 Å². The Hall–Kier alpha value is -2.70. The number of hydrogen-bond acceptors (Lipinski definition) is 3. The summed E-state index contributed by atoms with van der Waals surface area (Å²) in [6.45, 7) is 0.694. The average Bonchev–Trinajstić information content (AvgIpc) is 3.31. The van der Waals surface area contributed by atoms with Gasteiger partial charge in [0, 0.05) is 18.3 Å². The molecule has 0 unspecified atom stereocenters. The lowest BCUT2D eigenvalue weighted by Gasteiger charge is -2.18. The molecule has 0 radical (unpaired) electrons. The van der Waals surface area contributed by atoms with Gasteiger partial charge in [-0.2, -0.15) is 0 Å². The van der Waals surface area contributed by atoms with Crippen LogP contribution < -0.4 is 10.6 Å². The fourth-order valence-corrected chi connectivity index (χ4v) is 3.94. The molecule has 0 atom stereocenters. The number of benzene rings is 1. The largest absolute Gasteiger partial charge is 0.347 e. The van der Waals surface area contributed by atoms with Crippen molar-refractivity contribution >= 4 is 17.5 Å². The van der Waals surface area contributed by atoms with Crippen molar-refractivity contribution in [2.75, 3.05) is 5.32 Å². The molecule has 1 aliphatic carbocycles. The Morgan fingerprint density at radius 1 is 1.04 bits per heavy atom. The zero-order valence-electron chi connectivity index (χ0n) is 15.1. The van der Waals surface area contributed by atoms with Gasteiger partial charge >= 0.3 is 0 Å². The Balaban J connectivity index is 1.58. The third-order valence-corrected chi connectivity index (χ3v) is 5.33. The molecule has 1 aromatic heterocycles. The molecule has 6 nitrogen and oxygen atoms in total. The summed E-state index contributed by atoms with van der Waals surface area (Å²) in [5, 5.41) is 5.81. The fourth-order valence-electron chi connectivity index (χ4n) is 3.94. The van der Waals surface area contributed by atoms with Gasteiger partial charge in [0.15, 0.2) is 11.5 Å². The van der Waals surface area contributed by atoms with Crippen molar-refractivity contribution in [3.63, 3.8) is 0 Å². The Bertz CT molecular complexity index is 854. The molecule has 0 saturated heterocycles. The molecule has 2 heterocycles. The number of anilines is 1. The molecule has 1 fully saturated rings. The Kier molecular flexibility index (Phi) is 4.92. The van der Waals surface area contributed by atoms with Gasteiger partial charge in [-0.3, -0.25) is 9.59 Å². The smallest absolute Gasteiger partial charge is 0.287 e. The maximum absolute atomic E-state index is 13.1. The molecule has 0 spiro atoms. The number of amides is 2. The normalized spacial score (nSPS) is 16.8. The van der Waals surface area contributed by atoms with Crippen LogP contribution in [0.1, 0.15) is 65.3 Å². The number of aromatic nitrogens is 2. The van der Waals surface area contributed by atoms with E-state index in [1.807, 2.05) is 4.57 Å². The second-order valence-electron chi connectivity index (χ2n) is 7.26. The molecule has 4 rings (SSSR count). The van der Waals surface area contributed by atoms with E-state index in [0.717, 1.165) is 50.6 Å². The average molecular weight is 370 g/mol. The van der Waals surface area contributed by atoms with E-state index in [9.17, 15) is 14.0 Å². The topological polar surface area (TPSA) is 76.0 Å². The maximum Gasteiger partial charge on any atom is 0.287 e. The summed E-state index contributed by atoms with van der Waals surface area (Å²) in [7, 11) is 0. The van der Waals surface area contributed by atoms with Crippen LogP contribution in [-0.2, 0) is 13.0 Å². The van der Waals surface area contributed by atoms with E-state index in [1.165, 1.54) is 24.3 Å². The highest BCUT2D eigenvalue weighted by Gasteiger charge is 2.29. The summed E-state index contributed by atoms with van der Waals surface area (Å²) in [6.07, 6.45) is 6.91. The maximum atomic E-state index is 13.1. The van der Waals surface area contributed by atoms with Crippen molar-refractivity contribution in [2.45, 2.75) is 57.5 Å². The summed E-state index contributed by atoms with van der Waals surface area (Å²) in [5.74, 6) is -0.614. The molecule has 27 heavy (non-hydrogen) atoms. The first-order chi connectivity index (χ1) is 13.1. The number of carbonyl (C=O) groups excluding carboxylic acids is 2. The molecular weight excluding hydrogens is 347 g/mol. The highest BCUT2D eigenvalue weighted by Crippen LogP contribution is 2.23. The molecule has 0 bridgehead atoms. The second kappa shape index (κ2) is 7.50. The van der Waals surface area contributed by atoms with E-state index in [-0.39, 0.29) is 29.4 Å². The van der Waals surface area contributed by atoms with Gasteiger partial charge < -0.3 is 15.2 Å². The minimum absolute atomic E-state index is 0.200. The number of halogens is 1. The molecular formula is C20H23FN4O2. The van der Waals surface area contributed by atoms with Gasteiger partial charge in [0.05, 0.1) is 5.69 Å². The molecule has 2 aliphatic rings. The van der Waals surface area contributed by atoms with Crippen molar-refractivity contribution in [3.05, 3.63) is 47.3 Å². The number of rotatable bonds is 4. The van der Waals surface area contributed by atoms with Crippen molar-refractivity contribution in [1.29, 1.82) is 0 Å². The van der Waals surface area contributed by atoms with Crippen LogP contribution in [0.4, 0.5) is 10.1 Å².